The monoisotopic (exact) mass is 259 g/mol. The van der Waals surface area contributed by atoms with Crippen LogP contribution in [0.1, 0.15) is 12.8 Å². The SMILES string of the molecule is N#CCOc1cccc(NC(=O)[C@@H]2CCCNC2)c1. The minimum absolute atomic E-state index is 0.00391. The van der Waals surface area contributed by atoms with Crippen LogP contribution in [-0.2, 0) is 4.79 Å². The number of nitrogens with zero attached hydrogens (tertiary/aromatic N) is 1. The first-order valence-corrected chi connectivity index (χ1v) is 6.41. The molecule has 1 aromatic rings. The van der Waals surface area contributed by atoms with Crippen LogP contribution in [0.25, 0.3) is 0 Å². The first-order chi connectivity index (χ1) is 9.29. The molecule has 1 heterocycles. The fourth-order valence-electron chi connectivity index (χ4n) is 2.10. The van der Waals surface area contributed by atoms with Gasteiger partial charge in [-0.1, -0.05) is 6.07 Å². The van der Waals surface area contributed by atoms with Gasteiger partial charge in [0.2, 0.25) is 5.91 Å². The van der Waals surface area contributed by atoms with Crippen molar-refractivity contribution in [3.63, 3.8) is 0 Å². The Balaban J connectivity index is 1.94. The maximum Gasteiger partial charge on any atom is 0.228 e. The van der Waals surface area contributed by atoms with E-state index < -0.39 is 0 Å². The van der Waals surface area contributed by atoms with Gasteiger partial charge in [-0.2, -0.15) is 5.26 Å². The Kier molecular flexibility index (Phi) is 4.76. The second-order valence-corrected chi connectivity index (χ2v) is 4.51. The van der Waals surface area contributed by atoms with Gasteiger partial charge in [0.25, 0.3) is 0 Å². The fraction of sp³-hybridized carbons (Fsp3) is 0.429. The average Bonchev–Trinajstić information content (AvgIpc) is 2.46. The third kappa shape index (κ3) is 3.97. The summed E-state index contributed by atoms with van der Waals surface area (Å²) in [7, 11) is 0. The minimum atomic E-state index is 0.00391. The predicted molar refractivity (Wildman–Crippen MR) is 71.8 cm³/mol. The van der Waals surface area contributed by atoms with Gasteiger partial charge in [0.15, 0.2) is 6.61 Å². The van der Waals surface area contributed by atoms with Gasteiger partial charge in [0.05, 0.1) is 5.92 Å². The zero-order valence-electron chi connectivity index (χ0n) is 10.7. The van der Waals surface area contributed by atoms with Crippen molar-refractivity contribution in [2.75, 3.05) is 25.0 Å². The standard InChI is InChI=1S/C14H17N3O2/c15-6-8-19-13-5-1-4-12(9-13)17-14(18)11-3-2-7-16-10-11/h1,4-5,9,11,16H,2-3,7-8,10H2,(H,17,18)/t11-/m1/s1. The first kappa shape index (κ1) is 13.4. The van der Waals surface area contributed by atoms with Crippen LogP contribution in [0.15, 0.2) is 24.3 Å². The quantitative estimate of drug-likeness (QED) is 0.860. The molecule has 5 heteroatoms. The van der Waals surface area contributed by atoms with Gasteiger partial charge in [0.1, 0.15) is 11.8 Å². The number of nitriles is 1. The van der Waals surface area contributed by atoms with E-state index in [-0.39, 0.29) is 18.4 Å². The molecule has 0 unspecified atom stereocenters. The average molecular weight is 259 g/mol. The Bertz CT molecular complexity index is 476. The second-order valence-electron chi connectivity index (χ2n) is 4.51. The Morgan fingerprint density at radius 1 is 1.58 bits per heavy atom. The summed E-state index contributed by atoms with van der Waals surface area (Å²) in [4.78, 5) is 12.0. The Morgan fingerprint density at radius 3 is 3.21 bits per heavy atom. The normalized spacial score (nSPS) is 18.4. The van der Waals surface area contributed by atoms with Crippen LogP contribution in [0.2, 0.25) is 0 Å². The van der Waals surface area contributed by atoms with Gasteiger partial charge in [-0.3, -0.25) is 4.79 Å². The lowest BCUT2D eigenvalue weighted by atomic mass is 9.99. The predicted octanol–water partition coefficient (Wildman–Crippen LogP) is 1.53. The van der Waals surface area contributed by atoms with E-state index in [1.165, 1.54) is 0 Å². The molecule has 1 amide bonds. The lowest BCUT2D eigenvalue weighted by molar-refractivity contribution is -0.120. The fourth-order valence-corrected chi connectivity index (χ4v) is 2.10. The summed E-state index contributed by atoms with van der Waals surface area (Å²) < 4.78 is 5.20. The summed E-state index contributed by atoms with van der Waals surface area (Å²) in [6.07, 6.45) is 1.95. The lowest BCUT2D eigenvalue weighted by Crippen LogP contribution is -2.37. The number of benzene rings is 1. The van der Waals surface area contributed by atoms with Crippen LogP contribution < -0.4 is 15.4 Å². The molecular weight excluding hydrogens is 242 g/mol. The number of ether oxygens (including phenoxy) is 1. The van der Waals surface area contributed by atoms with E-state index in [4.69, 9.17) is 10.00 Å². The molecule has 2 rings (SSSR count). The van der Waals surface area contributed by atoms with Crippen LogP contribution in [0.4, 0.5) is 5.69 Å². The number of carbonyl (C=O) groups excluding carboxylic acids is 1. The van der Waals surface area contributed by atoms with Crippen LogP contribution >= 0.6 is 0 Å². The molecule has 0 bridgehead atoms. The summed E-state index contributed by atoms with van der Waals surface area (Å²) in [6.45, 7) is 1.72. The highest BCUT2D eigenvalue weighted by Gasteiger charge is 2.20. The van der Waals surface area contributed by atoms with Crippen molar-refractivity contribution in [1.29, 1.82) is 5.26 Å². The molecule has 5 nitrogen and oxygen atoms in total. The van der Waals surface area contributed by atoms with Gasteiger partial charge < -0.3 is 15.4 Å². The zero-order valence-corrected chi connectivity index (χ0v) is 10.7. The summed E-state index contributed by atoms with van der Waals surface area (Å²) >= 11 is 0. The Hall–Kier alpha value is -2.06. The van der Waals surface area contributed by atoms with Gasteiger partial charge in [0, 0.05) is 18.3 Å². The van der Waals surface area contributed by atoms with Crippen molar-refractivity contribution in [3.8, 4) is 11.8 Å². The highest BCUT2D eigenvalue weighted by molar-refractivity contribution is 5.92. The number of nitrogens with one attached hydrogen (secondary N) is 2. The summed E-state index contributed by atoms with van der Waals surface area (Å²) in [6, 6.07) is 9.00. The van der Waals surface area contributed by atoms with Crippen LogP contribution in [0.5, 0.6) is 5.75 Å². The van der Waals surface area contributed by atoms with Gasteiger partial charge >= 0.3 is 0 Å². The van der Waals surface area contributed by atoms with Crippen LogP contribution in [0, 0.1) is 17.2 Å². The number of carbonyl (C=O) groups is 1. The maximum absolute atomic E-state index is 12.0. The number of amides is 1. The van der Waals surface area contributed by atoms with Gasteiger partial charge in [-0.25, -0.2) is 0 Å². The molecule has 0 saturated carbocycles. The van der Waals surface area contributed by atoms with Crippen LogP contribution in [-0.4, -0.2) is 25.6 Å². The van der Waals surface area contributed by atoms with Crippen molar-refractivity contribution in [2.24, 2.45) is 5.92 Å². The Labute approximate surface area is 112 Å². The van der Waals surface area contributed by atoms with E-state index in [0.717, 1.165) is 25.9 Å². The zero-order chi connectivity index (χ0) is 13.5. The second kappa shape index (κ2) is 6.76. The smallest absolute Gasteiger partial charge is 0.228 e. The molecular formula is C14H17N3O2. The number of piperidine rings is 1. The van der Waals surface area contributed by atoms with Crippen molar-refractivity contribution >= 4 is 11.6 Å². The van der Waals surface area contributed by atoms with E-state index >= 15 is 0 Å². The van der Waals surface area contributed by atoms with E-state index in [2.05, 4.69) is 10.6 Å². The number of anilines is 1. The molecule has 0 aromatic heterocycles. The number of hydrogen-bond acceptors (Lipinski definition) is 4. The van der Waals surface area contributed by atoms with Crippen molar-refractivity contribution in [3.05, 3.63) is 24.3 Å². The van der Waals surface area contributed by atoms with Crippen molar-refractivity contribution < 1.29 is 9.53 Å². The molecule has 1 aromatic carbocycles. The highest BCUT2D eigenvalue weighted by Crippen LogP contribution is 2.19. The van der Waals surface area contributed by atoms with E-state index in [1.807, 2.05) is 12.1 Å². The Morgan fingerprint density at radius 2 is 2.47 bits per heavy atom. The molecule has 100 valence electrons. The van der Waals surface area contributed by atoms with E-state index in [9.17, 15) is 4.79 Å². The highest BCUT2D eigenvalue weighted by atomic mass is 16.5. The lowest BCUT2D eigenvalue weighted by Gasteiger charge is -2.21. The molecule has 0 aliphatic carbocycles. The maximum atomic E-state index is 12.0. The first-order valence-electron chi connectivity index (χ1n) is 6.41. The summed E-state index contributed by atoms with van der Waals surface area (Å²) in [5.74, 6) is 0.642. The third-order valence-corrected chi connectivity index (χ3v) is 3.07. The topological polar surface area (TPSA) is 74.1 Å². The summed E-state index contributed by atoms with van der Waals surface area (Å²) in [5, 5.41) is 14.6. The van der Waals surface area contributed by atoms with Crippen molar-refractivity contribution in [2.45, 2.75) is 12.8 Å². The molecule has 1 aliphatic rings. The molecule has 1 saturated heterocycles. The van der Waals surface area contributed by atoms with Crippen molar-refractivity contribution in [1.82, 2.24) is 5.32 Å². The molecule has 0 radical (unpaired) electrons. The van der Waals surface area contributed by atoms with E-state index in [1.54, 1.807) is 18.2 Å². The molecule has 1 atom stereocenters. The minimum Gasteiger partial charge on any atom is -0.479 e. The third-order valence-electron chi connectivity index (χ3n) is 3.07. The largest absolute Gasteiger partial charge is 0.479 e. The number of rotatable bonds is 4. The van der Waals surface area contributed by atoms with Gasteiger partial charge in [-0.15, -0.1) is 0 Å². The van der Waals surface area contributed by atoms with Gasteiger partial charge in [-0.05, 0) is 31.5 Å². The van der Waals surface area contributed by atoms with Crippen LogP contribution in [0.3, 0.4) is 0 Å². The molecule has 1 fully saturated rings. The molecule has 0 spiro atoms. The summed E-state index contributed by atoms with van der Waals surface area (Å²) in [5.41, 5.74) is 0.700. The van der Waals surface area contributed by atoms with E-state index in [0.29, 0.717) is 11.4 Å². The molecule has 1 aliphatic heterocycles. The number of hydrogen-bond donors (Lipinski definition) is 2. The molecule has 19 heavy (non-hydrogen) atoms. The molecule has 2 N–H and O–H groups in total.